The summed E-state index contributed by atoms with van der Waals surface area (Å²) in [5.41, 5.74) is 0.473. The minimum absolute atomic E-state index is 0.0157. The summed E-state index contributed by atoms with van der Waals surface area (Å²) in [5.74, 6) is 0.555. The summed E-state index contributed by atoms with van der Waals surface area (Å²) in [7, 11) is 0.236. The van der Waals surface area contributed by atoms with Crippen molar-refractivity contribution in [3.8, 4) is 17.2 Å². The van der Waals surface area contributed by atoms with Crippen molar-refractivity contribution < 1.29 is 32.3 Å². The number of methoxy groups -OCH3 is 3. The van der Waals surface area contributed by atoms with E-state index in [9.17, 15) is 23.3 Å². The van der Waals surface area contributed by atoms with Crippen LogP contribution in [0, 0.1) is 10.1 Å². The third-order valence-electron chi connectivity index (χ3n) is 5.23. The van der Waals surface area contributed by atoms with E-state index in [1.165, 1.54) is 57.7 Å². The predicted molar refractivity (Wildman–Crippen MR) is 132 cm³/mol. The summed E-state index contributed by atoms with van der Waals surface area (Å²) >= 11 is 0. The molecule has 36 heavy (non-hydrogen) atoms. The molecule has 0 unspecified atom stereocenters. The summed E-state index contributed by atoms with van der Waals surface area (Å²) in [4.78, 5) is 23.3. The molecule has 0 atom stereocenters. The molecule has 3 aromatic carbocycles. The van der Waals surface area contributed by atoms with E-state index in [1.54, 1.807) is 30.3 Å². The molecule has 0 heterocycles. The molecule has 0 saturated heterocycles. The highest BCUT2D eigenvalue weighted by Gasteiger charge is 2.28. The number of nitro benzene ring substituents is 1. The van der Waals surface area contributed by atoms with Crippen LogP contribution in [0.3, 0.4) is 0 Å². The van der Waals surface area contributed by atoms with Crippen LogP contribution in [0.5, 0.6) is 17.2 Å². The van der Waals surface area contributed by atoms with Crippen LogP contribution >= 0.6 is 0 Å². The zero-order valence-electron chi connectivity index (χ0n) is 19.8. The van der Waals surface area contributed by atoms with Crippen LogP contribution in [-0.4, -0.2) is 47.1 Å². The van der Waals surface area contributed by atoms with Gasteiger partial charge in [-0.25, -0.2) is 8.42 Å². The van der Waals surface area contributed by atoms with Crippen molar-refractivity contribution in [3.63, 3.8) is 0 Å². The molecule has 0 aromatic heterocycles. The lowest BCUT2D eigenvalue weighted by molar-refractivity contribution is -0.384. The SMILES string of the molecule is COc1ccc(CNC(=O)CN(c2ccc([N+](=O)[O-])cc2)S(=O)(=O)c2ccccc2)c(OC)c1OC. The summed E-state index contributed by atoms with van der Waals surface area (Å²) in [6.07, 6.45) is 0. The number of carbonyl (C=O) groups excluding carboxylic acids is 1. The van der Waals surface area contributed by atoms with Crippen LogP contribution in [0.25, 0.3) is 0 Å². The lowest BCUT2D eigenvalue weighted by Gasteiger charge is -2.24. The normalized spacial score (nSPS) is 10.9. The molecule has 11 nitrogen and oxygen atoms in total. The van der Waals surface area contributed by atoms with E-state index in [4.69, 9.17) is 14.2 Å². The second-order valence-corrected chi connectivity index (χ2v) is 9.23. The van der Waals surface area contributed by atoms with Gasteiger partial charge in [-0.3, -0.25) is 19.2 Å². The Morgan fingerprint density at radius 3 is 2.11 bits per heavy atom. The maximum atomic E-state index is 13.4. The van der Waals surface area contributed by atoms with E-state index < -0.39 is 27.4 Å². The number of hydrogen-bond donors (Lipinski definition) is 1. The van der Waals surface area contributed by atoms with Gasteiger partial charge >= 0.3 is 0 Å². The summed E-state index contributed by atoms with van der Waals surface area (Å²) in [6, 6.07) is 15.9. The molecule has 0 aliphatic heterocycles. The summed E-state index contributed by atoms with van der Waals surface area (Å²) in [5, 5.41) is 13.7. The van der Waals surface area contributed by atoms with Crippen LogP contribution in [0.15, 0.2) is 71.6 Å². The Labute approximate surface area is 208 Å². The van der Waals surface area contributed by atoms with E-state index in [2.05, 4.69) is 5.32 Å². The fraction of sp³-hybridized carbons (Fsp3) is 0.208. The molecule has 3 aromatic rings. The smallest absolute Gasteiger partial charge is 0.269 e. The van der Waals surface area contributed by atoms with E-state index in [0.29, 0.717) is 22.8 Å². The Balaban J connectivity index is 1.88. The number of benzene rings is 3. The van der Waals surface area contributed by atoms with Gasteiger partial charge in [-0.2, -0.15) is 0 Å². The number of nitrogens with zero attached hydrogens (tertiary/aromatic N) is 2. The molecule has 1 amide bonds. The molecule has 12 heteroatoms. The number of amides is 1. The number of non-ortho nitro benzene ring substituents is 1. The monoisotopic (exact) mass is 515 g/mol. The largest absolute Gasteiger partial charge is 0.493 e. The number of carbonyl (C=O) groups is 1. The zero-order valence-corrected chi connectivity index (χ0v) is 20.7. The second kappa shape index (κ2) is 11.4. The number of rotatable bonds is 11. The van der Waals surface area contributed by atoms with Crippen LogP contribution in [-0.2, 0) is 21.4 Å². The fourth-order valence-corrected chi connectivity index (χ4v) is 4.90. The molecular weight excluding hydrogens is 490 g/mol. The maximum Gasteiger partial charge on any atom is 0.269 e. The third-order valence-corrected chi connectivity index (χ3v) is 7.02. The Bertz CT molecular complexity index is 1330. The van der Waals surface area contributed by atoms with Crippen molar-refractivity contribution >= 4 is 27.3 Å². The second-order valence-electron chi connectivity index (χ2n) is 7.37. The first-order valence-corrected chi connectivity index (χ1v) is 12.0. The highest BCUT2D eigenvalue weighted by Crippen LogP contribution is 2.39. The molecule has 0 saturated carbocycles. The van der Waals surface area contributed by atoms with E-state index in [0.717, 1.165) is 4.31 Å². The van der Waals surface area contributed by atoms with E-state index >= 15 is 0 Å². The van der Waals surface area contributed by atoms with Crippen LogP contribution in [0.1, 0.15) is 5.56 Å². The van der Waals surface area contributed by atoms with Gasteiger partial charge in [0.15, 0.2) is 11.5 Å². The number of hydrogen-bond acceptors (Lipinski definition) is 8. The third kappa shape index (κ3) is 5.66. The van der Waals surface area contributed by atoms with Gasteiger partial charge in [-0.1, -0.05) is 18.2 Å². The van der Waals surface area contributed by atoms with Gasteiger partial charge in [0.25, 0.3) is 15.7 Å². The van der Waals surface area contributed by atoms with Crippen molar-refractivity contribution in [2.45, 2.75) is 11.4 Å². The van der Waals surface area contributed by atoms with Gasteiger partial charge in [0.2, 0.25) is 11.7 Å². The lowest BCUT2D eigenvalue weighted by Crippen LogP contribution is -2.40. The van der Waals surface area contributed by atoms with Crippen molar-refractivity contribution in [3.05, 3.63) is 82.4 Å². The van der Waals surface area contributed by atoms with Gasteiger partial charge in [0.05, 0.1) is 36.8 Å². The average molecular weight is 516 g/mol. The molecule has 1 N–H and O–H groups in total. The minimum Gasteiger partial charge on any atom is -0.493 e. The maximum absolute atomic E-state index is 13.4. The van der Waals surface area contributed by atoms with Crippen molar-refractivity contribution in [1.29, 1.82) is 0 Å². The molecule has 0 aliphatic rings. The predicted octanol–water partition coefficient (Wildman–Crippen LogP) is 3.13. The molecule has 190 valence electrons. The molecule has 0 spiro atoms. The van der Waals surface area contributed by atoms with Crippen LogP contribution in [0.2, 0.25) is 0 Å². The average Bonchev–Trinajstić information content (AvgIpc) is 2.90. The quantitative estimate of drug-likeness (QED) is 0.304. The Morgan fingerprint density at radius 1 is 0.917 bits per heavy atom. The highest BCUT2D eigenvalue weighted by atomic mass is 32.2. The van der Waals surface area contributed by atoms with E-state index in [-0.39, 0.29) is 22.8 Å². The fourth-order valence-electron chi connectivity index (χ4n) is 3.46. The first-order valence-electron chi connectivity index (χ1n) is 10.6. The molecule has 3 rings (SSSR count). The van der Waals surface area contributed by atoms with Crippen molar-refractivity contribution in [1.82, 2.24) is 5.32 Å². The summed E-state index contributed by atoms with van der Waals surface area (Å²) in [6.45, 7) is -0.549. The van der Waals surface area contributed by atoms with Crippen molar-refractivity contribution in [2.24, 2.45) is 0 Å². The molecule has 0 radical (unpaired) electrons. The van der Waals surface area contributed by atoms with Crippen LogP contribution in [0.4, 0.5) is 11.4 Å². The highest BCUT2D eigenvalue weighted by molar-refractivity contribution is 7.92. The number of nitrogens with one attached hydrogen (secondary N) is 1. The first-order chi connectivity index (χ1) is 17.2. The van der Waals surface area contributed by atoms with Gasteiger partial charge in [-0.15, -0.1) is 0 Å². The topological polar surface area (TPSA) is 137 Å². The Hall–Kier alpha value is -4.32. The molecule has 0 aliphatic carbocycles. The van der Waals surface area contributed by atoms with Gasteiger partial charge in [0, 0.05) is 24.2 Å². The molecular formula is C24H25N3O8S. The first kappa shape index (κ1) is 26.3. The van der Waals surface area contributed by atoms with Gasteiger partial charge < -0.3 is 19.5 Å². The van der Waals surface area contributed by atoms with Crippen molar-refractivity contribution in [2.75, 3.05) is 32.2 Å². The summed E-state index contributed by atoms with van der Waals surface area (Å²) < 4.78 is 43.7. The number of anilines is 1. The Kier molecular flexibility index (Phi) is 8.33. The number of nitro groups is 1. The van der Waals surface area contributed by atoms with E-state index in [1.807, 2.05) is 0 Å². The number of ether oxygens (including phenoxy) is 3. The molecule has 0 fully saturated rings. The number of sulfonamides is 1. The Morgan fingerprint density at radius 2 is 1.56 bits per heavy atom. The molecule has 0 bridgehead atoms. The van der Waals surface area contributed by atoms with Gasteiger partial charge in [-0.05, 0) is 36.4 Å². The lowest BCUT2D eigenvalue weighted by atomic mass is 10.1. The van der Waals surface area contributed by atoms with Gasteiger partial charge in [0.1, 0.15) is 6.54 Å². The van der Waals surface area contributed by atoms with Crippen LogP contribution < -0.4 is 23.8 Å². The standard InChI is InChI=1S/C24H25N3O8S/c1-33-21-14-9-17(23(34-2)24(21)35-3)15-25-22(28)16-26(18-10-12-19(13-11-18)27(29)30)36(31,32)20-7-5-4-6-8-20/h4-14H,15-16H2,1-3H3,(H,25,28). The zero-order chi connectivity index (χ0) is 26.3. The minimum atomic E-state index is -4.16.